The van der Waals surface area contributed by atoms with E-state index in [1.54, 1.807) is 11.1 Å². The Hall–Kier alpha value is -1.89. The highest BCUT2D eigenvalue weighted by atomic mass is 16.7. The van der Waals surface area contributed by atoms with Gasteiger partial charge in [-0.05, 0) is 85.9 Å². The number of rotatable bonds is 3. The Morgan fingerprint density at radius 1 is 0.907 bits per heavy atom. The lowest BCUT2D eigenvalue weighted by Gasteiger charge is -2.64. The van der Waals surface area contributed by atoms with Crippen molar-refractivity contribution < 1.29 is 33.3 Å². The maximum Gasteiger partial charge on any atom is 0.317 e. The van der Waals surface area contributed by atoms with Crippen LogP contribution in [0.15, 0.2) is 11.1 Å². The number of hydrogen-bond donors (Lipinski definition) is 0. The van der Waals surface area contributed by atoms with Crippen LogP contribution in [0.4, 0.5) is 0 Å². The molecule has 240 valence electrons. The van der Waals surface area contributed by atoms with E-state index >= 15 is 0 Å². The van der Waals surface area contributed by atoms with Crippen LogP contribution in [0.5, 0.6) is 0 Å². The summed E-state index contributed by atoms with van der Waals surface area (Å²) in [7, 11) is 1.30. The molecule has 0 bridgehead atoms. The van der Waals surface area contributed by atoms with E-state index in [0.29, 0.717) is 17.8 Å². The summed E-state index contributed by atoms with van der Waals surface area (Å²) in [5.41, 5.74) is 2.57. The number of esters is 3. The number of carbonyl (C=O) groups is 3. The monoisotopic (exact) mass is 598 g/mol. The van der Waals surface area contributed by atoms with Gasteiger partial charge in [0.25, 0.3) is 0 Å². The van der Waals surface area contributed by atoms with Crippen LogP contribution < -0.4 is 0 Å². The molecule has 2 saturated carbocycles. The molecule has 0 amide bonds. The van der Waals surface area contributed by atoms with Crippen molar-refractivity contribution in [3.8, 4) is 0 Å². The van der Waals surface area contributed by atoms with Crippen LogP contribution in [0.2, 0.25) is 0 Å². The van der Waals surface area contributed by atoms with Crippen LogP contribution in [0.3, 0.4) is 0 Å². The normalized spacial score (nSPS) is 49.9. The molecule has 2 saturated heterocycles. The zero-order chi connectivity index (χ0) is 31.5. The molecule has 1 spiro atoms. The largest absolute Gasteiger partial charge is 0.469 e. The van der Waals surface area contributed by atoms with E-state index in [4.69, 9.17) is 18.9 Å². The number of hydrogen-bond acceptors (Lipinski definition) is 7. The van der Waals surface area contributed by atoms with Gasteiger partial charge in [0.1, 0.15) is 12.0 Å². The minimum Gasteiger partial charge on any atom is -0.469 e. The van der Waals surface area contributed by atoms with E-state index in [1.165, 1.54) is 7.11 Å². The molecule has 4 fully saturated rings. The fourth-order valence-electron chi connectivity index (χ4n) is 11.8. The number of allylic oxidation sites excluding steroid dienone is 2. The highest BCUT2D eigenvalue weighted by Crippen LogP contribution is 2.75. The average Bonchev–Trinajstić information content (AvgIpc) is 3.27. The van der Waals surface area contributed by atoms with Gasteiger partial charge in [0.05, 0.1) is 19.1 Å². The van der Waals surface area contributed by atoms with E-state index < -0.39 is 23.3 Å². The summed E-state index contributed by atoms with van der Waals surface area (Å²) < 4.78 is 23.9. The van der Waals surface area contributed by atoms with Crippen LogP contribution in [0.25, 0.3) is 0 Å². The highest BCUT2D eigenvalue weighted by molar-refractivity contribution is 5.91. The number of fused-ring (bicyclic) bond motifs is 6. The van der Waals surface area contributed by atoms with Gasteiger partial charge in [0.2, 0.25) is 5.79 Å². The highest BCUT2D eigenvalue weighted by Gasteiger charge is 2.71. The molecule has 0 aromatic carbocycles. The standard InChI is InChI=1S/C36H54O7/c1-20-18-36(22(3)21(2)30(39)43-36)41-25-19-34(8)24-11-12-26-31(4,5)35(9,42-28(38)17-27(37)40-10)16-15-32(26,6)23(24)13-14-33(34,7)29(20)25/h20-22,25-26,29H,11-19H2,1-10H3/t20-,21?,22?,25-,26+,29+,32-,33-,34+,35-,36?/m1/s1. The molecule has 7 heteroatoms. The topological polar surface area (TPSA) is 88.1 Å². The Kier molecular flexibility index (Phi) is 6.92. The fraction of sp³-hybridized carbons (Fsp3) is 0.861. The van der Waals surface area contributed by atoms with Gasteiger partial charge in [0, 0.05) is 17.8 Å². The molecule has 7 nitrogen and oxygen atoms in total. The first-order valence-electron chi connectivity index (χ1n) is 16.8. The van der Waals surface area contributed by atoms with Gasteiger partial charge in [-0.2, -0.15) is 0 Å². The van der Waals surface area contributed by atoms with Crippen LogP contribution in [0, 0.1) is 51.2 Å². The lowest BCUT2D eigenvalue weighted by Crippen LogP contribution is -2.60. The van der Waals surface area contributed by atoms with E-state index in [0.717, 1.165) is 51.4 Å². The van der Waals surface area contributed by atoms with Crippen molar-refractivity contribution in [1.82, 2.24) is 0 Å². The molecule has 0 radical (unpaired) electrons. The first kappa shape index (κ1) is 31.1. The van der Waals surface area contributed by atoms with Crippen molar-refractivity contribution in [1.29, 1.82) is 0 Å². The zero-order valence-electron chi connectivity index (χ0n) is 28.2. The molecule has 4 aliphatic carbocycles. The van der Waals surface area contributed by atoms with Crippen LogP contribution >= 0.6 is 0 Å². The second-order valence-corrected chi connectivity index (χ2v) is 16.8. The third kappa shape index (κ3) is 3.97. The Labute approximate surface area is 258 Å². The van der Waals surface area contributed by atoms with Crippen molar-refractivity contribution >= 4 is 17.9 Å². The van der Waals surface area contributed by atoms with Crippen molar-refractivity contribution in [2.45, 2.75) is 138 Å². The van der Waals surface area contributed by atoms with Crippen molar-refractivity contribution in [3.05, 3.63) is 11.1 Å². The van der Waals surface area contributed by atoms with Gasteiger partial charge in [-0.1, -0.05) is 66.5 Å². The maximum absolute atomic E-state index is 12.8. The van der Waals surface area contributed by atoms with E-state index in [1.807, 2.05) is 6.92 Å². The molecule has 6 rings (SSSR count). The van der Waals surface area contributed by atoms with Crippen LogP contribution in [0.1, 0.15) is 120 Å². The summed E-state index contributed by atoms with van der Waals surface area (Å²) in [5.74, 6) is -0.849. The summed E-state index contributed by atoms with van der Waals surface area (Å²) in [6.07, 6.45) is 7.57. The summed E-state index contributed by atoms with van der Waals surface area (Å²) in [4.78, 5) is 37.2. The van der Waals surface area contributed by atoms with E-state index in [-0.39, 0.29) is 52.0 Å². The summed E-state index contributed by atoms with van der Waals surface area (Å²) in [6.45, 7) is 20.6. The Balaban J connectivity index is 1.31. The minimum atomic E-state index is -0.790. The molecule has 6 aliphatic rings. The first-order valence-corrected chi connectivity index (χ1v) is 16.8. The lowest BCUT2D eigenvalue weighted by atomic mass is 9.41. The predicted octanol–water partition coefficient (Wildman–Crippen LogP) is 7.16. The van der Waals surface area contributed by atoms with Crippen LogP contribution in [-0.2, 0) is 33.3 Å². The number of methoxy groups -OCH3 is 1. The SMILES string of the molecule is COC(=O)CC(=O)O[C@]1(C)CC[C@]2(C)C3=C(CC[C@H]2C1(C)C)[C@]1(C)C[C@H]2OC4(C[C@@H](C)[C@@H]2[C@@]1(C)CC3)OC(=O)C(C)C4C. The van der Waals surface area contributed by atoms with Gasteiger partial charge in [-0.15, -0.1) is 0 Å². The molecule has 2 aliphatic heterocycles. The molecular weight excluding hydrogens is 544 g/mol. The molecule has 2 heterocycles. The average molecular weight is 599 g/mol. The third-order valence-electron chi connectivity index (χ3n) is 14.9. The second-order valence-electron chi connectivity index (χ2n) is 16.8. The maximum atomic E-state index is 12.8. The summed E-state index contributed by atoms with van der Waals surface area (Å²) in [5, 5.41) is 0. The van der Waals surface area contributed by atoms with Crippen molar-refractivity contribution in [2.75, 3.05) is 7.11 Å². The smallest absolute Gasteiger partial charge is 0.317 e. The molecule has 0 N–H and O–H groups in total. The molecule has 0 aromatic rings. The predicted molar refractivity (Wildman–Crippen MR) is 161 cm³/mol. The Morgan fingerprint density at radius 3 is 2.23 bits per heavy atom. The Bertz CT molecular complexity index is 1270. The van der Waals surface area contributed by atoms with Gasteiger partial charge in [0.15, 0.2) is 0 Å². The molecule has 11 atom stereocenters. The molecule has 3 unspecified atom stereocenters. The molecular formula is C36H54O7. The minimum absolute atomic E-state index is 0.0268. The van der Waals surface area contributed by atoms with Gasteiger partial charge in [-0.3, -0.25) is 14.4 Å². The van der Waals surface area contributed by atoms with E-state index in [2.05, 4.69) is 55.4 Å². The van der Waals surface area contributed by atoms with Gasteiger partial charge < -0.3 is 18.9 Å². The second kappa shape index (κ2) is 9.56. The quantitative estimate of drug-likeness (QED) is 0.147. The third-order valence-corrected chi connectivity index (χ3v) is 14.9. The number of ether oxygens (including phenoxy) is 4. The number of carbonyl (C=O) groups excluding carboxylic acids is 3. The summed E-state index contributed by atoms with van der Waals surface area (Å²) >= 11 is 0. The van der Waals surface area contributed by atoms with Gasteiger partial charge in [-0.25, -0.2) is 0 Å². The van der Waals surface area contributed by atoms with E-state index in [9.17, 15) is 14.4 Å². The molecule has 43 heavy (non-hydrogen) atoms. The zero-order valence-corrected chi connectivity index (χ0v) is 28.2. The first-order chi connectivity index (χ1) is 19.9. The van der Waals surface area contributed by atoms with Crippen molar-refractivity contribution in [3.63, 3.8) is 0 Å². The summed E-state index contributed by atoms with van der Waals surface area (Å²) in [6, 6.07) is 0. The fourth-order valence-corrected chi connectivity index (χ4v) is 11.8. The van der Waals surface area contributed by atoms with Crippen molar-refractivity contribution in [2.24, 2.45) is 51.2 Å². The van der Waals surface area contributed by atoms with Gasteiger partial charge >= 0.3 is 17.9 Å². The Morgan fingerprint density at radius 2 is 1.60 bits per heavy atom. The lowest BCUT2D eigenvalue weighted by molar-refractivity contribution is -0.291. The van der Waals surface area contributed by atoms with Crippen LogP contribution in [-0.4, -0.2) is 42.5 Å². The molecule has 0 aromatic heterocycles.